The molecular formula is C24H31N7O. The molecular weight excluding hydrogens is 402 g/mol. The van der Waals surface area contributed by atoms with Gasteiger partial charge in [0.25, 0.3) is 0 Å². The van der Waals surface area contributed by atoms with E-state index in [0.717, 1.165) is 37.9 Å². The van der Waals surface area contributed by atoms with Gasteiger partial charge in [0.05, 0.1) is 6.61 Å². The quantitative estimate of drug-likeness (QED) is 0.633. The highest BCUT2D eigenvalue weighted by Gasteiger charge is 2.27. The number of rotatable bonds is 5. The molecule has 0 bridgehead atoms. The summed E-state index contributed by atoms with van der Waals surface area (Å²) in [5.41, 5.74) is 8.39. The SMILES string of the molecule is Nc1nc(Nc2ccc(C3CCC(N4CCCOCC4)CC3)cc2)nn1-c1ccccn1. The second-order valence-corrected chi connectivity index (χ2v) is 8.65. The Labute approximate surface area is 188 Å². The normalized spacial score (nSPS) is 22.4. The Hall–Kier alpha value is -2.97. The lowest BCUT2D eigenvalue weighted by molar-refractivity contribution is 0.118. The molecule has 3 N–H and O–H groups in total. The molecule has 0 radical (unpaired) electrons. The summed E-state index contributed by atoms with van der Waals surface area (Å²) in [5.74, 6) is 2.04. The zero-order valence-corrected chi connectivity index (χ0v) is 18.4. The van der Waals surface area contributed by atoms with Gasteiger partial charge in [0.1, 0.15) is 0 Å². The molecule has 0 atom stereocenters. The minimum absolute atomic E-state index is 0.301. The van der Waals surface area contributed by atoms with Crippen molar-refractivity contribution in [1.82, 2.24) is 24.6 Å². The highest BCUT2D eigenvalue weighted by atomic mass is 16.5. The van der Waals surface area contributed by atoms with Crippen molar-refractivity contribution in [1.29, 1.82) is 0 Å². The van der Waals surface area contributed by atoms with Gasteiger partial charge in [-0.05, 0) is 67.9 Å². The number of benzene rings is 1. The van der Waals surface area contributed by atoms with Crippen LogP contribution in [0.2, 0.25) is 0 Å². The fraction of sp³-hybridized carbons (Fsp3) is 0.458. The zero-order valence-electron chi connectivity index (χ0n) is 18.4. The number of nitrogens with two attached hydrogens (primary N) is 1. The predicted octanol–water partition coefficient (Wildman–Crippen LogP) is 3.74. The summed E-state index contributed by atoms with van der Waals surface area (Å²) in [4.78, 5) is 11.2. The minimum atomic E-state index is 0.301. The Morgan fingerprint density at radius 2 is 1.81 bits per heavy atom. The molecule has 2 aromatic heterocycles. The summed E-state index contributed by atoms with van der Waals surface area (Å²) in [5, 5.41) is 7.69. The van der Waals surface area contributed by atoms with Gasteiger partial charge >= 0.3 is 0 Å². The van der Waals surface area contributed by atoms with Crippen LogP contribution >= 0.6 is 0 Å². The smallest absolute Gasteiger partial charge is 0.248 e. The van der Waals surface area contributed by atoms with Crippen molar-refractivity contribution < 1.29 is 4.74 Å². The van der Waals surface area contributed by atoms with Crippen LogP contribution in [-0.4, -0.2) is 57.0 Å². The highest BCUT2D eigenvalue weighted by molar-refractivity contribution is 5.55. The van der Waals surface area contributed by atoms with Crippen molar-refractivity contribution in [2.75, 3.05) is 37.4 Å². The molecule has 1 aliphatic carbocycles. The molecule has 0 spiro atoms. The molecule has 8 nitrogen and oxygen atoms in total. The van der Waals surface area contributed by atoms with Gasteiger partial charge < -0.3 is 15.8 Å². The molecule has 168 valence electrons. The van der Waals surface area contributed by atoms with Crippen LogP contribution in [-0.2, 0) is 4.74 Å². The van der Waals surface area contributed by atoms with Crippen LogP contribution in [0.3, 0.4) is 0 Å². The molecule has 3 aromatic rings. The number of ether oxygens (including phenoxy) is 1. The second-order valence-electron chi connectivity index (χ2n) is 8.65. The second kappa shape index (κ2) is 9.67. The van der Waals surface area contributed by atoms with Crippen LogP contribution < -0.4 is 11.1 Å². The van der Waals surface area contributed by atoms with Crippen molar-refractivity contribution in [3.05, 3.63) is 54.2 Å². The van der Waals surface area contributed by atoms with Crippen LogP contribution in [0, 0.1) is 0 Å². The number of nitrogens with zero attached hydrogens (tertiary/aromatic N) is 5. The third-order valence-electron chi connectivity index (χ3n) is 6.61. The summed E-state index contributed by atoms with van der Waals surface area (Å²) < 4.78 is 7.16. The average molecular weight is 434 g/mol. The highest BCUT2D eigenvalue weighted by Crippen LogP contribution is 2.35. The third-order valence-corrected chi connectivity index (χ3v) is 6.61. The van der Waals surface area contributed by atoms with Crippen molar-refractivity contribution in [3.8, 4) is 5.82 Å². The molecule has 32 heavy (non-hydrogen) atoms. The average Bonchev–Trinajstić information content (AvgIpc) is 3.02. The van der Waals surface area contributed by atoms with E-state index in [1.165, 1.54) is 42.5 Å². The Kier molecular flexibility index (Phi) is 6.31. The monoisotopic (exact) mass is 433 g/mol. The Balaban J connectivity index is 1.18. The van der Waals surface area contributed by atoms with E-state index >= 15 is 0 Å². The lowest BCUT2D eigenvalue weighted by Gasteiger charge is -2.36. The maximum absolute atomic E-state index is 6.02. The maximum atomic E-state index is 6.02. The van der Waals surface area contributed by atoms with Crippen LogP contribution in [0.15, 0.2) is 48.7 Å². The maximum Gasteiger partial charge on any atom is 0.248 e. The van der Waals surface area contributed by atoms with E-state index in [4.69, 9.17) is 10.5 Å². The number of hydrogen-bond donors (Lipinski definition) is 2. The van der Waals surface area contributed by atoms with Crippen molar-refractivity contribution >= 4 is 17.6 Å². The standard InChI is InChI=1S/C24H31N7O/c25-23-28-24(29-31(23)22-4-1-2-13-26-22)27-20-9-5-18(6-10-20)19-7-11-21(12-8-19)30-14-3-16-32-17-15-30/h1-2,4-6,9-10,13,19,21H,3,7-8,11-12,14-17H2,(H3,25,27,28,29). The van der Waals surface area contributed by atoms with Gasteiger partial charge in [-0.2, -0.15) is 9.67 Å². The van der Waals surface area contributed by atoms with E-state index in [-0.39, 0.29) is 0 Å². The van der Waals surface area contributed by atoms with Crippen LogP contribution in [0.4, 0.5) is 17.6 Å². The summed E-state index contributed by atoms with van der Waals surface area (Å²) in [7, 11) is 0. The molecule has 2 fully saturated rings. The summed E-state index contributed by atoms with van der Waals surface area (Å²) in [6, 6.07) is 15.0. The van der Waals surface area contributed by atoms with E-state index in [1.54, 1.807) is 6.20 Å². The number of aromatic nitrogens is 4. The first-order valence-electron chi connectivity index (χ1n) is 11.6. The number of hydrogen-bond acceptors (Lipinski definition) is 7. The number of nitrogens with one attached hydrogen (secondary N) is 1. The Morgan fingerprint density at radius 1 is 0.969 bits per heavy atom. The van der Waals surface area contributed by atoms with Crippen LogP contribution in [0.1, 0.15) is 43.6 Å². The van der Waals surface area contributed by atoms with Gasteiger partial charge in [-0.25, -0.2) is 4.98 Å². The van der Waals surface area contributed by atoms with Gasteiger partial charge in [-0.3, -0.25) is 4.90 Å². The first-order chi connectivity index (χ1) is 15.8. The van der Waals surface area contributed by atoms with E-state index in [1.807, 2.05) is 18.2 Å². The molecule has 1 aromatic carbocycles. The molecule has 5 rings (SSSR count). The summed E-state index contributed by atoms with van der Waals surface area (Å²) >= 11 is 0. The molecule has 1 saturated carbocycles. The van der Waals surface area contributed by atoms with Crippen molar-refractivity contribution in [2.24, 2.45) is 0 Å². The molecule has 2 aliphatic rings. The largest absolute Gasteiger partial charge is 0.380 e. The Morgan fingerprint density at radius 3 is 2.59 bits per heavy atom. The lowest BCUT2D eigenvalue weighted by atomic mass is 9.81. The van der Waals surface area contributed by atoms with E-state index < -0.39 is 0 Å². The van der Waals surface area contributed by atoms with E-state index in [9.17, 15) is 0 Å². The number of pyridine rings is 1. The van der Waals surface area contributed by atoms with Gasteiger partial charge in [0.15, 0.2) is 5.82 Å². The minimum Gasteiger partial charge on any atom is -0.380 e. The van der Waals surface area contributed by atoms with Crippen molar-refractivity contribution in [3.63, 3.8) is 0 Å². The Bertz CT molecular complexity index is 989. The first-order valence-corrected chi connectivity index (χ1v) is 11.6. The number of anilines is 3. The number of nitrogen functional groups attached to an aromatic ring is 1. The zero-order chi connectivity index (χ0) is 21.8. The van der Waals surface area contributed by atoms with E-state index in [2.05, 4.69) is 49.5 Å². The van der Waals surface area contributed by atoms with Gasteiger partial charge in [0.2, 0.25) is 11.9 Å². The summed E-state index contributed by atoms with van der Waals surface area (Å²) in [6.45, 7) is 4.07. The topological polar surface area (TPSA) is 94.1 Å². The predicted molar refractivity (Wildman–Crippen MR) is 125 cm³/mol. The fourth-order valence-corrected chi connectivity index (χ4v) is 4.90. The molecule has 3 heterocycles. The van der Waals surface area contributed by atoms with Crippen LogP contribution in [0.5, 0.6) is 0 Å². The third kappa shape index (κ3) is 4.76. The van der Waals surface area contributed by atoms with Gasteiger partial charge in [-0.15, -0.1) is 5.10 Å². The fourth-order valence-electron chi connectivity index (χ4n) is 4.90. The van der Waals surface area contributed by atoms with Crippen molar-refractivity contribution in [2.45, 2.75) is 44.1 Å². The molecule has 8 heteroatoms. The molecule has 1 saturated heterocycles. The molecule has 1 aliphatic heterocycles. The molecule has 0 unspecified atom stereocenters. The van der Waals surface area contributed by atoms with Crippen LogP contribution in [0.25, 0.3) is 5.82 Å². The molecule has 0 amide bonds. The lowest BCUT2D eigenvalue weighted by Crippen LogP contribution is -2.39. The van der Waals surface area contributed by atoms with Gasteiger partial charge in [0, 0.05) is 37.6 Å². The first kappa shape index (κ1) is 20.9. The van der Waals surface area contributed by atoms with E-state index in [0.29, 0.717) is 23.6 Å². The summed E-state index contributed by atoms with van der Waals surface area (Å²) in [6.07, 6.45) is 7.92. The van der Waals surface area contributed by atoms with Gasteiger partial charge in [-0.1, -0.05) is 18.2 Å².